The molecule has 18 heteroatoms. The van der Waals surface area contributed by atoms with Crippen LogP contribution in [0.3, 0.4) is 0 Å². The number of nitrogens with one attached hydrogen (secondary N) is 4. The number of rotatable bonds is 12. The fourth-order valence-corrected chi connectivity index (χ4v) is 19.2. The second kappa shape index (κ2) is 35.0. The molecule has 19 rings (SSSR count). The minimum absolute atomic E-state index is 0.261. The summed E-state index contributed by atoms with van der Waals surface area (Å²) in [6.45, 7) is 80.7. The van der Waals surface area contributed by atoms with E-state index in [0.717, 1.165) is 101 Å². The molecule has 146 heavy (non-hydrogen) atoms. The molecule has 10 aromatic carbocycles. The summed E-state index contributed by atoms with van der Waals surface area (Å²) in [7, 11) is 0. The maximum Gasteiger partial charge on any atom is 0.170 e. The minimum Gasteiger partial charge on any atom is -0.453 e. The van der Waals surface area contributed by atoms with E-state index in [1.54, 1.807) is 0 Å². The first kappa shape index (κ1) is 101. The van der Waals surface area contributed by atoms with Crippen molar-refractivity contribution < 1.29 is 28.4 Å². The highest BCUT2D eigenvalue weighted by atomic mass is 16.5. The normalized spacial score (nSPS) is 14.7. The van der Waals surface area contributed by atoms with Gasteiger partial charge in [0.05, 0.1) is 34.8 Å². The van der Waals surface area contributed by atoms with E-state index < -0.39 is 0 Å². The highest BCUT2D eigenvalue weighted by molar-refractivity contribution is 6.09. The molecular weight excluding hydrogens is 1800 g/mol. The van der Waals surface area contributed by atoms with Gasteiger partial charge in [-0.25, -0.2) is 29.9 Å². The molecule has 8 heterocycles. The van der Waals surface area contributed by atoms with Crippen LogP contribution in [0.4, 0.5) is 11.4 Å². The number of nitrogens with zero attached hydrogens (tertiary/aromatic N) is 8. The van der Waals surface area contributed by atoms with E-state index >= 15 is 0 Å². The molecule has 4 aliphatic rings. The summed E-state index contributed by atoms with van der Waals surface area (Å²) >= 11 is 0. The van der Waals surface area contributed by atoms with Crippen molar-refractivity contribution in [2.45, 2.75) is 326 Å². The SMILES string of the molecule is CC(C)(C)c1cc(Oc2cc3c(cc2Oc2cc(C(C)(C)C)cc(C(C)(C)C)c2)-c2nc-3nc3[nH]c(nc4nc(nc5[nH]c(n2)c2cc(Oc6cc(C(C)(C)C)cc(C(C)(C)C)c6)c(Oc6cc(C(C)(C)C)cc(C(C)(C)C)c6)cc52)-c2cc5c(cc2-4)NC2c4cccnc4-c4ncccc4C2N5)c2cc(Oc4cc(C(C)(C)C)cc(C(C)(C)C)c4)c(Oc4cc(C(C)(C)C)cc(C(C)(C)C)c4)cc32)cc(C(C)(C)C)c1. The van der Waals surface area contributed by atoms with Gasteiger partial charge < -0.3 is 49.0 Å². The molecular formula is C128H146N12O6. The summed E-state index contributed by atoms with van der Waals surface area (Å²) in [5.74, 6) is 7.68. The number of ether oxygens (including phenoxy) is 6. The average molecular weight is 1950 g/mol. The third-order valence-corrected chi connectivity index (χ3v) is 28.9. The number of aromatic nitrogens is 10. The zero-order chi connectivity index (χ0) is 105. The van der Waals surface area contributed by atoms with Crippen molar-refractivity contribution in [2.24, 2.45) is 0 Å². The molecule has 0 saturated heterocycles. The topological polar surface area (TPSA) is 214 Å². The van der Waals surface area contributed by atoms with Gasteiger partial charge in [-0.05, 0) is 265 Å². The van der Waals surface area contributed by atoms with E-state index in [9.17, 15) is 0 Å². The first-order valence-corrected chi connectivity index (χ1v) is 51.8. The van der Waals surface area contributed by atoms with Crippen LogP contribution in [0.25, 0.3) is 101 Å². The summed E-state index contributed by atoms with van der Waals surface area (Å²) in [5.41, 5.74) is 19.7. The molecule has 3 aliphatic heterocycles. The molecule has 5 aromatic heterocycles. The van der Waals surface area contributed by atoms with Gasteiger partial charge in [-0.15, -0.1) is 0 Å². The molecule has 0 fully saturated rings. The van der Waals surface area contributed by atoms with Crippen LogP contribution < -0.4 is 39.1 Å². The van der Waals surface area contributed by atoms with Gasteiger partial charge in [-0.3, -0.25) is 9.97 Å². The van der Waals surface area contributed by atoms with E-state index in [0.29, 0.717) is 159 Å². The Bertz CT molecular complexity index is 7350. The Kier molecular flexibility index (Phi) is 24.2. The van der Waals surface area contributed by atoms with Crippen molar-refractivity contribution in [1.82, 2.24) is 49.8 Å². The zero-order valence-electron chi connectivity index (χ0n) is 92.7. The maximum atomic E-state index is 7.63. The average Bonchev–Trinajstić information content (AvgIpc) is 1.01. The molecule has 2 unspecified atom stereocenters. The van der Waals surface area contributed by atoms with Crippen LogP contribution >= 0.6 is 0 Å². The number of H-pyrrole nitrogens is 2. The summed E-state index contributed by atoms with van der Waals surface area (Å²) in [4.78, 5) is 53.1. The quantitative estimate of drug-likeness (QED) is 0.0895. The van der Waals surface area contributed by atoms with Crippen LogP contribution in [0.15, 0.2) is 194 Å². The Morgan fingerprint density at radius 1 is 0.205 bits per heavy atom. The smallest absolute Gasteiger partial charge is 0.170 e. The van der Waals surface area contributed by atoms with E-state index in [1.165, 1.54) is 0 Å². The molecule has 1 aliphatic carbocycles. The number of hydrogen-bond donors (Lipinski definition) is 4. The van der Waals surface area contributed by atoms with Gasteiger partial charge in [-0.1, -0.05) is 298 Å². The Morgan fingerprint density at radius 3 is 0.568 bits per heavy atom. The predicted molar refractivity (Wildman–Crippen MR) is 600 cm³/mol. The Morgan fingerprint density at radius 2 is 0.384 bits per heavy atom. The lowest BCUT2D eigenvalue weighted by Crippen LogP contribution is -2.33. The molecule has 8 bridgehead atoms. The van der Waals surface area contributed by atoms with Gasteiger partial charge >= 0.3 is 0 Å². The molecule has 2 atom stereocenters. The second-order valence-electron chi connectivity index (χ2n) is 53.3. The highest BCUT2D eigenvalue weighted by Gasteiger charge is 2.42. The molecule has 0 amide bonds. The van der Waals surface area contributed by atoms with Crippen molar-refractivity contribution in [3.8, 4) is 126 Å². The molecule has 4 N–H and O–H groups in total. The number of benzene rings is 10. The number of aromatic amines is 2. The first-order chi connectivity index (χ1) is 67.7. The van der Waals surface area contributed by atoms with Gasteiger partial charge in [0.15, 0.2) is 57.8 Å². The van der Waals surface area contributed by atoms with E-state index in [2.05, 4.69) is 403 Å². The Hall–Kier alpha value is -13.7. The molecule has 15 aromatic rings. The fourth-order valence-electron chi connectivity index (χ4n) is 19.2. The standard InChI is InChI=1S/C128H146N12O6/c1-117(2,3)69-43-70(118(4,5)6)50-81(49-69)141-99-63-91-93(65-101(99)143-83-53-73(121(13,14)15)45-74(54-83)122(16,17)18)113-136-111(91)134-109-89-61-97-98(132-108-88-40-38-42-130-106(88)105-87(107(108)131-97)39-37-41-129-105)62-90(89)110(133-109)135-112-92-64-100(142-82-51-71(119(7,8)9)44-72(52-82)120(10,11)12)102(144-84-55-75(123(19,20)21)46-76(56-84)124(22,23)24)66-94(92)114(137-112)139-116-96-68-104(146-86-59-79(127(31,32)33)48-80(60-86)128(34,35)36)103(67-95(96)115(138-113)140-116)145-85-57-77(125(25,26)27)47-78(58-85)126(28,29)30/h37-68,107-108,131-132H,1-36H3,(H2,133,134,135,136,137,138,139,140). The van der Waals surface area contributed by atoms with E-state index in [4.69, 9.17) is 68.3 Å². The lowest BCUT2D eigenvalue weighted by molar-refractivity contribution is 0.414. The van der Waals surface area contributed by atoms with Crippen molar-refractivity contribution in [3.63, 3.8) is 0 Å². The summed E-state index contributed by atoms with van der Waals surface area (Å²) in [6.07, 6.45) is 3.68. The second-order valence-corrected chi connectivity index (χ2v) is 53.3. The molecule has 0 saturated carbocycles. The van der Waals surface area contributed by atoms with Crippen LogP contribution in [0, 0.1) is 0 Å². The maximum absolute atomic E-state index is 7.63. The molecule has 754 valence electrons. The van der Waals surface area contributed by atoms with Crippen molar-refractivity contribution in [1.29, 1.82) is 0 Å². The summed E-state index contributed by atoms with van der Waals surface area (Å²) in [5, 5.41) is 10.7. The first-order valence-electron chi connectivity index (χ1n) is 51.8. The molecule has 18 nitrogen and oxygen atoms in total. The number of hydrogen-bond acceptors (Lipinski definition) is 16. The fraction of sp³-hybridized carbons (Fsp3) is 0.391. The molecule has 0 radical (unpaired) electrons. The lowest BCUT2D eigenvalue weighted by Gasteiger charge is -2.40. The zero-order valence-corrected chi connectivity index (χ0v) is 92.7. The van der Waals surface area contributed by atoms with Crippen LogP contribution in [-0.2, 0) is 65.0 Å². The Balaban J connectivity index is 0.969. The predicted octanol–water partition coefficient (Wildman–Crippen LogP) is 35.3. The minimum atomic E-state index is -0.269. The van der Waals surface area contributed by atoms with Crippen molar-refractivity contribution in [2.75, 3.05) is 10.6 Å². The van der Waals surface area contributed by atoms with E-state index in [-0.39, 0.29) is 77.1 Å². The molecule has 0 spiro atoms. The van der Waals surface area contributed by atoms with Gasteiger partial charge in [-0.2, -0.15) is 0 Å². The lowest BCUT2D eigenvalue weighted by atomic mass is 9.80. The van der Waals surface area contributed by atoms with Crippen LogP contribution in [0.5, 0.6) is 69.0 Å². The van der Waals surface area contributed by atoms with Crippen LogP contribution in [-0.4, -0.2) is 49.8 Å². The largest absolute Gasteiger partial charge is 0.453 e. The third kappa shape index (κ3) is 20.2. The van der Waals surface area contributed by atoms with Crippen LogP contribution in [0.2, 0.25) is 0 Å². The van der Waals surface area contributed by atoms with E-state index in [1.807, 2.05) is 60.9 Å². The third-order valence-electron chi connectivity index (χ3n) is 28.9. The van der Waals surface area contributed by atoms with Gasteiger partial charge in [0.1, 0.15) is 57.1 Å². The van der Waals surface area contributed by atoms with Gasteiger partial charge in [0.25, 0.3) is 0 Å². The van der Waals surface area contributed by atoms with Gasteiger partial charge in [0.2, 0.25) is 0 Å². The van der Waals surface area contributed by atoms with Crippen LogP contribution in [0.1, 0.15) is 339 Å². The highest BCUT2D eigenvalue weighted by Crippen LogP contribution is 2.56. The summed E-state index contributed by atoms with van der Waals surface area (Å²) in [6, 6.07) is 64.0. The van der Waals surface area contributed by atoms with Gasteiger partial charge in [0, 0.05) is 67.3 Å². The Labute approximate surface area is 863 Å². The number of pyridine rings is 2. The summed E-state index contributed by atoms with van der Waals surface area (Å²) < 4.78 is 45.7. The van der Waals surface area contributed by atoms with Crippen molar-refractivity contribution >= 4 is 55.5 Å². The monoisotopic (exact) mass is 1950 g/mol. The van der Waals surface area contributed by atoms with Crippen molar-refractivity contribution in [3.05, 3.63) is 272 Å². The number of anilines is 2. The number of fused-ring (bicyclic) bond motifs is 27.